The van der Waals surface area contributed by atoms with Gasteiger partial charge in [-0.15, -0.1) is 11.3 Å². The molecule has 0 saturated carbocycles. The molecular formula is C17H15ClN2O4S. The molecular weight excluding hydrogens is 364 g/mol. The van der Waals surface area contributed by atoms with Crippen LogP contribution in [0.3, 0.4) is 0 Å². The molecule has 0 radical (unpaired) electrons. The average Bonchev–Trinajstić information content (AvgIpc) is 3.13. The van der Waals surface area contributed by atoms with Crippen molar-refractivity contribution in [3.05, 3.63) is 50.9 Å². The molecule has 1 aliphatic rings. The Bertz CT molecular complexity index is 845. The van der Waals surface area contributed by atoms with Crippen LogP contribution in [-0.4, -0.2) is 24.4 Å². The Morgan fingerprint density at radius 2 is 1.92 bits per heavy atom. The molecule has 0 atom stereocenters. The smallest absolute Gasteiger partial charge is 0.338 e. The number of rotatable bonds is 5. The molecule has 2 aromatic rings. The van der Waals surface area contributed by atoms with Crippen LogP contribution in [-0.2, 0) is 22.4 Å². The first-order valence-corrected chi connectivity index (χ1v) is 8.82. The number of esters is 1. The number of nitrogens with two attached hydrogens (primary N) is 1. The van der Waals surface area contributed by atoms with Crippen LogP contribution in [0.25, 0.3) is 0 Å². The van der Waals surface area contributed by atoms with E-state index in [1.165, 1.54) is 23.5 Å². The summed E-state index contributed by atoms with van der Waals surface area (Å²) in [5, 5.41) is 3.54. The van der Waals surface area contributed by atoms with Gasteiger partial charge in [0.25, 0.3) is 11.8 Å². The number of anilines is 1. The minimum absolute atomic E-state index is 0.296. The number of nitrogens with one attached hydrogen (secondary N) is 1. The maximum Gasteiger partial charge on any atom is 0.338 e. The van der Waals surface area contributed by atoms with E-state index in [2.05, 4.69) is 5.32 Å². The van der Waals surface area contributed by atoms with Crippen molar-refractivity contribution in [1.29, 1.82) is 0 Å². The van der Waals surface area contributed by atoms with Gasteiger partial charge in [-0.1, -0.05) is 11.6 Å². The fourth-order valence-corrected chi connectivity index (χ4v) is 4.15. The standard InChI is InChI=1S/C17H15ClN2O4S/c18-10-6-4-9(5-7-10)17(23)24-8-13(21)20-16-14(15(19)22)11-2-1-3-12(11)25-16/h4-7H,1-3,8H2,(H2,19,22)(H,20,21). The van der Waals surface area contributed by atoms with Crippen molar-refractivity contribution in [1.82, 2.24) is 0 Å². The van der Waals surface area contributed by atoms with Gasteiger partial charge in [0.05, 0.1) is 11.1 Å². The summed E-state index contributed by atoms with van der Waals surface area (Å²) in [4.78, 5) is 36.7. The monoisotopic (exact) mass is 378 g/mol. The van der Waals surface area contributed by atoms with Gasteiger partial charge in [0.2, 0.25) is 0 Å². The normalized spacial score (nSPS) is 12.5. The number of carbonyl (C=O) groups is 3. The summed E-state index contributed by atoms with van der Waals surface area (Å²) in [7, 11) is 0. The molecule has 0 spiro atoms. The van der Waals surface area contributed by atoms with Gasteiger partial charge in [-0.3, -0.25) is 9.59 Å². The van der Waals surface area contributed by atoms with Gasteiger partial charge in [-0.2, -0.15) is 0 Å². The van der Waals surface area contributed by atoms with Crippen LogP contribution in [0.15, 0.2) is 24.3 Å². The molecule has 6 nitrogen and oxygen atoms in total. The van der Waals surface area contributed by atoms with Crippen LogP contribution in [0.2, 0.25) is 5.02 Å². The van der Waals surface area contributed by atoms with Gasteiger partial charge in [-0.05, 0) is 49.1 Å². The summed E-state index contributed by atoms with van der Waals surface area (Å²) in [6.07, 6.45) is 2.64. The van der Waals surface area contributed by atoms with Gasteiger partial charge in [0.15, 0.2) is 6.61 Å². The quantitative estimate of drug-likeness (QED) is 0.781. The molecule has 0 saturated heterocycles. The number of benzene rings is 1. The lowest BCUT2D eigenvalue weighted by atomic mass is 10.1. The number of carbonyl (C=O) groups excluding carboxylic acids is 3. The summed E-state index contributed by atoms with van der Waals surface area (Å²) in [5.74, 6) is -1.71. The summed E-state index contributed by atoms with van der Waals surface area (Å²) in [5.41, 5.74) is 7.03. The number of halogens is 1. The highest BCUT2D eigenvalue weighted by molar-refractivity contribution is 7.17. The van der Waals surface area contributed by atoms with Crippen LogP contribution >= 0.6 is 22.9 Å². The highest BCUT2D eigenvalue weighted by Gasteiger charge is 2.26. The van der Waals surface area contributed by atoms with E-state index in [-0.39, 0.29) is 0 Å². The summed E-state index contributed by atoms with van der Waals surface area (Å²) >= 11 is 7.10. The zero-order valence-corrected chi connectivity index (χ0v) is 14.7. The van der Waals surface area contributed by atoms with Gasteiger partial charge in [0.1, 0.15) is 5.00 Å². The number of hydrogen-bond donors (Lipinski definition) is 2. The number of aryl methyl sites for hydroxylation is 1. The molecule has 1 heterocycles. The third-order valence-electron chi connectivity index (χ3n) is 3.83. The van der Waals surface area contributed by atoms with Crippen molar-refractivity contribution < 1.29 is 19.1 Å². The van der Waals surface area contributed by atoms with Gasteiger partial charge in [0, 0.05) is 9.90 Å². The maximum absolute atomic E-state index is 12.0. The molecule has 2 amide bonds. The minimum Gasteiger partial charge on any atom is -0.452 e. The topological polar surface area (TPSA) is 98.5 Å². The Morgan fingerprint density at radius 1 is 1.20 bits per heavy atom. The van der Waals surface area contributed by atoms with Crippen molar-refractivity contribution >= 4 is 45.7 Å². The highest BCUT2D eigenvalue weighted by atomic mass is 35.5. The van der Waals surface area contributed by atoms with Crippen LogP contribution in [0, 0.1) is 0 Å². The second-order valence-corrected chi connectivity index (χ2v) is 7.10. The zero-order valence-electron chi connectivity index (χ0n) is 13.1. The largest absolute Gasteiger partial charge is 0.452 e. The molecule has 8 heteroatoms. The van der Waals surface area contributed by atoms with Gasteiger partial charge >= 0.3 is 5.97 Å². The first-order chi connectivity index (χ1) is 12.0. The van der Waals surface area contributed by atoms with Crippen molar-refractivity contribution in [3.63, 3.8) is 0 Å². The molecule has 0 aliphatic heterocycles. The number of hydrogen-bond acceptors (Lipinski definition) is 5. The lowest BCUT2D eigenvalue weighted by Gasteiger charge is -2.07. The Hall–Kier alpha value is -2.38. The van der Waals surface area contributed by atoms with Crippen molar-refractivity contribution in [2.45, 2.75) is 19.3 Å². The number of ether oxygens (including phenoxy) is 1. The van der Waals surface area contributed by atoms with E-state index in [1.807, 2.05) is 0 Å². The number of fused-ring (bicyclic) bond motifs is 1. The SMILES string of the molecule is NC(=O)c1c(NC(=O)COC(=O)c2ccc(Cl)cc2)sc2c1CCC2. The lowest BCUT2D eigenvalue weighted by Crippen LogP contribution is -2.22. The van der Waals surface area contributed by atoms with E-state index in [0.29, 0.717) is 21.2 Å². The second kappa shape index (κ2) is 7.25. The van der Waals surface area contributed by atoms with E-state index in [9.17, 15) is 14.4 Å². The summed E-state index contributed by atoms with van der Waals surface area (Å²) < 4.78 is 4.97. The minimum atomic E-state index is -0.629. The number of primary amides is 1. The van der Waals surface area contributed by atoms with E-state index >= 15 is 0 Å². The Labute approximate surface area is 152 Å². The molecule has 130 valence electrons. The lowest BCUT2D eigenvalue weighted by molar-refractivity contribution is -0.119. The average molecular weight is 379 g/mol. The second-order valence-electron chi connectivity index (χ2n) is 5.56. The maximum atomic E-state index is 12.0. The third kappa shape index (κ3) is 3.83. The summed E-state index contributed by atoms with van der Waals surface area (Å²) in [6.45, 7) is -0.456. The van der Waals surface area contributed by atoms with E-state index in [0.717, 1.165) is 29.7 Å². The van der Waals surface area contributed by atoms with E-state index in [4.69, 9.17) is 22.1 Å². The molecule has 25 heavy (non-hydrogen) atoms. The van der Waals surface area contributed by atoms with E-state index in [1.54, 1.807) is 12.1 Å². The fourth-order valence-electron chi connectivity index (χ4n) is 2.72. The molecule has 0 unspecified atom stereocenters. The van der Waals surface area contributed by atoms with Crippen LogP contribution in [0.4, 0.5) is 5.00 Å². The number of amides is 2. The predicted molar refractivity (Wildman–Crippen MR) is 95.2 cm³/mol. The van der Waals surface area contributed by atoms with Crippen LogP contribution < -0.4 is 11.1 Å². The zero-order chi connectivity index (χ0) is 18.0. The third-order valence-corrected chi connectivity index (χ3v) is 5.29. The molecule has 0 bridgehead atoms. The fraction of sp³-hybridized carbons (Fsp3) is 0.235. The number of thiophene rings is 1. The van der Waals surface area contributed by atoms with Crippen molar-refractivity contribution in [3.8, 4) is 0 Å². The van der Waals surface area contributed by atoms with Crippen molar-refractivity contribution in [2.75, 3.05) is 11.9 Å². The Balaban J connectivity index is 1.63. The van der Waals surface area contributed by atoms with Crippen molar-refractivity contribution in [2.24, 2.45) is 5.73 Å². The van der Waals surface area contributed by atoms with Gasteiger partial charge in [-0.25, -0.2) is 4.79 Å². The van der Waals surface area contributed by atoms with E-state index < -0.39 is 24.4 Å². The summed E-state index contributed by atoms with van der Waals surface area (Å²) in [6, 6.07) is 6.14. The predicted octanol–water partition coefficient (Wildman–Crippen LogP) is 2.78. The van der Waals surface area contributed by atoms with Gasteiger partial charge < -0.3 is 15.8 Å². The Morgan fingerprint density at radius 3 is 2.60 bits per heavy atom. The Kier molecular flexibility index (Phi) is 5.06. The molecule has 0 fully saturated rings. The van der Waals surface area contributed by atoms with Crippen LogP contribution in [0.1, 0.15) is 37.6 Å². The molecule has 1 aliphatic carbocycles. The first kappa shape index (κ1) is 17.4. The first-order valence-electron chi connectivity index (χ1n) is 7.62. The highest BCUT2D eigenvalue weighted by Crippen LogP contribution is 2.38. The molecule has 1 aromatic heterocycles. The molecule has 3 N–H and O–H groups in total. The molecule has 1 aromatic carbocycles. The van der Waals surface area contributed by atoms with Crippen LogP contribution in [0.5, 0.6) is 0 Å². The molecule has 3 rings (SSSR count).